The monoisotopic (exact) mass is 400 g/mol. The summed E-state index contributed by atoms with van der Waals surface area (Å²) in [5.41, 5.74) is 2.81. The van der Waals surface area contributed by atoms with Crippen molar-refractivity contribution in [2.45, 2.75) is 6.92 Å². The van der Waals surface area contributed by atoms with E-state index >= 15 is 0 Å². The number of hydrogen-bond acceptors (Lipinski definition) is 6. The van der Waals surface area contributed by atoms with Crippen LogP contribution >= 0.6 is 11.3 Å². The Morgan fingerprint density at radius 1 is 1.18 bits per heavy atom. The van der Waals surface area contributed by atoms with Gasteiger partial charge in [0.05, 0.1) is 18.4 Å². The van der Waals surface area contributed by atoms with Crippen molar-refractivity contribution in [1.82, 2.24) is 4.98 Å². The first-order chi connectivity index (χ1) is 13.5. The Morgan fingerprint density at radius 3 is 2.61 bits per heavy atom. The van der Waals surface area contributed by atoms with E-state index in [0.29, 0.717) is 5.13 Å². The molecule has 1 aromatic heterocycles. The molecule has 0 atom stereocenters. The number of methoxy groups -OCH3 is 1. The molecule has 0 spiro atoms. The van der Waals surface area contributed by atoms with E-state index in [4.69, 9.17) is 9.47 Å². The number of benzene rings is 2. The van der Waals surface area contributed by atoms with Gasteiger partial charge in [-0.1, -0.05) is 29.8 Å². The molecular formula is C20H17FN2O4S. The number of aryl methyl sites for hydroxylation is 1. The number of nitrogens with one attached hydrogen (secondary N) is 1. The van der Waals surface area contributed by atoms with E-state index in [1.54, 1.807) is 0 Å². The minimum Gasteiger partial charge on any atom is -0.494 e. The molecule has 1 amide bonds. The van der Waals surface area contributed by atoms with Crippen molar-refractivity contribution in [1.29, 1.82) is 0 Å². The lowest BCUT2D eigenvalue weighted by Crippen LogP contribution is -2.20. The summed E-state index contributed by atoms with van der Waals surface area (Å²) in [7, 11) is 1.32. The molecule has 1 N–H and O–H groups in total. The molecule has 3 aromatic rings. The Bertz CT molecular complexity index is 1000. The molecule has 1 heterocycles. The zero-order chi connectivity index (χ0) is 20.1. The number of hydrogen-bond donors (Lipinski definition) is 1. The highest BCUT2D eigenvalue weighted by Gasteiger charge is 2.14. The minimum atomic E-state index is -0.809. The van der Waals surface area contributed by atoms with E-state index in [2.05, 4.69) is 10.3 Å². The highest BCUT2D eigenvalue weighted by Crippen LogP contribution is 2.25. The van der Waals surface area contributed by atoms with Gasteiger partial charge in [-0.25, -0.2) is 14.2 Å². The van der Waals surface area contributed by atoms with Crippen LogP contribution in [0.15, 0.2) is 47.8 Å². The van der Waals surface area contributed by atoms with Crippen molar-refractivity contribution in [3.63, 3.8) is 0 Å². The summed E-state index contributed by atoms with van der Waals surface area (Å²) in [6.07, 6.45) is 0. The maximum Gasteiger partial charge on any atom is 0.338 e. The second-order valence-electron chi connectivity index (χ2n) is 5.88. The third kappa shape index (κ3) is 4.72. The van der Waals surface area contributed by atoms with Gasteiger partial charge in [-0.15, -0.1) is 11.3 Å². The lowest BCUT2D eigenvalue weighted by molar-refractivity contribution is -0.119. The molecule has 0 fully saturated rings. The second kappa shape index (κ2) is 8.62. The minimum absolute atomic E-state index is 0.0120. The highest BCUT2D eigenvalue weighted by atomic mass is 32.1. The fraction of sp³-hybridized carbons (Fsp3) is 0.150. The van der Waals surface area contributed by atoms with Crippen molar-refractivity contribution in [2.24, 2.45) is 0 Å². The number of esters is 1. The molecule has 144 valence electrons. The molecule has 0 aliphatic carbocycles. The van der Waals surface area contributed by atoms with Crippen molar-refractivity contribution in [3.05, 3.63) is 64.8 Å². The SMILES string of the molecule is COc1ccc(C(=O)OCC(=O)Nc2nc(-c3ccc(C)cc3)cs2)cc1F. The molecule has 2 aromatic carbocycles. The van der Waals surface area contributed by atoms with Gasteiger partial charge in [0.1, 0.15) is 0 Å². The van der Waals surface area contributed by atoms with Crippen LogP contribution in [0, 0.1) is 12.7 Å². The number of halogens is 1. The first kappa shape index (κ1) is 19.5. The molecule has 6 nitrogen and oxygen atoms in total. The third-order valence-corrected chi connectivity index (χ3v) is 4.58. The Kier molecular flexibility index (Phi) is 6.00. The van der Waals surface area contributed by atoms with Crippen LogP contribution in [0.1, 0.15) is 15.9 Å². The molecule has 0 saturated heterocycles. The average Bonchev–Trinajstić information content (AvgIpc) is 3.15. The molecule has 0 radical (unpaired) electrons. The molecule has 8 heteroatoms. The van der Waals surface area contributed by atoms with E-state index in [-0.39, 0.29) is 11.3 Å². The van der Waals surface area contributed by atoms with Crippen LogP contribution in [0.5, 0.6) is 5.75 Å². The van der Waals surface area contributed by atoms with Crippen LogP contribution in [0.2, 0.25) is 0 Å². The van der Waals surface area contributed by atoms with Gasteiger partial charge in [0.25, 0.3) is 5.91 Å². The highest BCUT2D eigenvalue weighted by molar-refractivity contribution is 7.14. The van der Waals surface area contributed by atoms with Crippen molar-refractivity contribution < 1.29 is 23.5 Å². The summed E-state index contributed by atoms with van der Waals surface area (Å²) in [5, 5.41) is 4.80. The largest absolute Gasteiger partial charge is 0.494 e. The van der Waals surface area contributed by atoms with Crippen LogP contribution in [0.4, 0.5) is 9.52 Å². The number of thiazole rings is 1. The number of amides is 1. The number of aromatic nitrogens is 1. The number of ether oxygens (including phenoxy) is 2. The molecule has 3 rings (SSSR count). The molecule has 28 heavy (non-hydrogen) atoms. The van der Waals surface area contributed by atoms with Gasteiger partial charge in [0.15, 0.2) is 23.3 Å². The zero-order valence-electron chi connectivity index (χ0n) is 15.2. The Hall–Kier alpha value is -3.26. The van der Waals surface area contributed by atoms with Gasteiger partial charge in [0.2, 0.25) is 0 Å². The summed E-state index contributed by atoms with van der Waals surface area (Å²) < 4.78 is 23.3. The Balaban J connectivity index is 1.55. The quantitative estimate of drug-likeness (QED) is 0.632. The van der Waals surface area contributed by atoms with Crippen molar-refractivity contribution in [2.75, 3.05) is 19.0 Å². The predicted octanol–water partition coefficient (Wildman–Crippen LogP) is 4.06. The van der Waals surface area contributed by atoms with E-state index < -0.39 is 24.3 Å². The molecule has 0 aliphatic rings. The fourth-order valence-corrected chi connectivity index (χ4v) is 3.09. The molecule has 0 saturated carbocycles. The summed E-state index contributed by atoms with van der Waals surface area (Å²) in [4.78, 5) is 28.3. The van der Waals surface area contributed by atoms with E-state index in [1.807, 2.05) is 36.6 Å². The lowest BCUT2D eigenvalue weighted by Gasteiger charge is -2.06. The fourth-order valence-electron chi connectivity index (χ4n) is 2.35. The topological polar surface area (TPSA) is 77.5 Å². The summed E-state index contributed by atoms with van der Waals surface area (Å²) in [5.74, 6) is -2.02. The zero-order valence-corrected chi connectivity index (χ0v) is 16.0. The van der Waals surface area contributed by atoms with E-state index in [0.717, 1.165) is 22.9 Å². The van der Waals surface area contributed by atoms with Gasteiger partial charge >= 0.3 is 5.97 Å². The van der Waals surface area contributed by atoms with Crippen LogP contribution in [0.3, 0.4) is 0 Å². The van der Waals surface area contributed by atoms with Crippen LogP contribution in [-0.4, -0.2) is 30.6 Å². The number of anilines is 1. The molecule has 0 bridgehead atoms. The van der Waals surface area contributed by atoms with E-state index in [1.165, 1.54) is 30.6 Å². The Labute approximate surface area is 164 Å². The number of carbonyl (C=O) groups is 2. The van der Waals surface area contributed by atoms with Gasteiger partial charge in [0, 0.05) is 10.9 Å². The Morgan fingerprint density at radius 2 is 1.93 bits per heavy atom. The lowest BCUT2D eigenvalue weighted by atomic mass is 10.1. The third-order valence-electron chi connectivity index (χ3n) is 3.82. The average molecular weight is 400 g/mol. The maximum atomic E-state index is 13.6. The van der Waals surface area contributed by atoms with Gasteiger partial charge in [-0.3, -0.25) is 10.1 Å². The second-order valence-corrected chi connectivity index (χ2v) is 6.74. The van der Waals surface area contributed by atoms with Gasteiger partial charge in [-0.2, -0.15) is 0 Å². The van der Waals surface area contributed by atoms with Gasteiger partial charge < -0.3 is 9.47 Å². The van der Waals surface area contributed by atoms with Crippen LogP contribution in [0.25, 0.3) is 11.3 Å². The summed E-state index contributed by atoms with van der Waals surface area (Å²) in [6.45, 7) is 1.49. The number of rotatable bonds is 6. The van der Waals surface area contributed by atoms with Gasteiger partial charge in [-0.05, 0) is 25.1 Å². The van der Waals surface area contributed by atoms with Crippen LogP contribution in [-0.2, 0) is 9.53 Å². The first-order valence-corrected chi connectivity index (χ1v) is 9.17. The molecule has 0 aliphatic heterocycles. The first-order valence-electron chi connectivity index (χ1n) is 8.29. The smallest absolute Gasteiger partial charge is 0.338 e. The predicted molar refractivity (Wildman–Crippen MR) is 104 cm³/mol. The normalized spacial score (nSPS) is 10.4. The van der Waals surface area contributed by atoms with E-state index in [9.17, 15) is 14.0 Å². The number of carbonyl (C=O) groups excluding carboxylic acids is 2. The molecular weight excluding hydrogens is 383 g/mol. The van der Waals surface area contributed by atoms with Crippen molar-refractivity contribution in [3.8, 4) is 17.0 Å². The van der Waals surface area contributed by atoms with Crippen LogP contribution < -0.4 is 10.1 Å². The molecule has 0 unspecified atom stereocenters. The maximum absolute atomic E-state index is 13.6. The summed E-state index contributed by atoms with van der Waals surface area (Å²) in [6, 6.07) is 11.5. The number of nitrogens with zero attached hydrogens (tertiary/aromatic N) is 1. The van der Waals surface area contributed by atoms with Crippen molar-refractivity contribution >= 4 is 28.3 Å². The summed E-state index contributed by atoms with van der Waals surface area (Å²) >= 11 is 1.27. The standard InChI is InChI=1S/C20H17FN2O4S/c1-12-3-5-13(6-4-12)16-11-28-20(22-16)23-18(24)10-27-19(25)14-7-8-17(26-2)15(21)9-14/h3-9,11H,10H2,1-2H3,(H,22,23,24).